The third kappa shape index (κ3) is 6.71. The van der Waals surface area contributed by atoms with Gasteiger partial charge in [0.05, 0.1) is 32.9 Å². The Labute approximate surface area is 231 Å². The number of hydrogen-bond donors (Lipinski definition) is 1. The van der Waals surface area contributed by atoms with Crippen molar-refractivity contribution in [3.05, 3.63) is 83.9 Å². The molecule has 1 N–H and O–H groups in total. The van der Waals surface area contributed by atoms with Crippen LogP contribution in [0, 0.1) is 0 Å². The minimum absolute atomic E-state index is 0.0649. The Hall–Kier alpha value is -4.44. The number of carbonyl (C=O) groups is 2. The Morgan fingerprint density at radius 3 is 2.36 bits per heavy atom. The molecule has 9 nitrogen and oxygen atoms in total. The van der Waals surface area contributed by atoms with Gasteiger partial charge in [-0.15, -0.1) is 10.2 Å². The molecule has 4 aromatic rings. The number of benzene rings is 3. The maximum atomic E-state index is 13.8. The van der Waals surface area contributed by atoms with Crippen LogP contribution in [-0.2, 0) is 4.79 Å². The number of amides is 2. The van der Waals surface area contributed by atoms with Crippen LogP contribution in [0.15, 0.2) is 72.8 Å². The van der Waals surface area contributed by atoms with Crippen molar-refractivity contribution in [2.24, 2.45) is 0 Å². The summed E-state index contributed by atoms with van der Waals surface area (Å²) in [6, 6.07) is 21.9. The summed E-state index contributed by atoms with van der Waals surface area (Å²) in [5.74, 6) is 1.15. The van der Waals surface area contributed by atoms with Crippen molar-refractivity contribution < 1.29 is 23.8 Å². The Morgan fingerprint density at radius 1 is 0.897 bits per heavy atom. The van der Waals surface area contributed by atoms with Crippen LogP contribution in [0.3, 0.4) is 0 Å². The predicted octanol–water partition coefficient (Wildman–Crippen LogP) is 5.46. The number of nitrogens with one attached hydrogen (secondary N) is 1. The zero-order chi connectivity index (χ0) is 27.8. The fourth-order valence-electron chi connectivity index (χ4n) is 4.06. The van der Waals surface area contributed by atoms with E-state index in [1.807, 2.05) is 61.5 Å². The molecule has 3 aromatic carbocycles. The SMILES string of the molecule is COc1cccc(-c2nnc(NC(=O)CCN(C(=O)c3ccc(OC)cc3OC)[C@H](C)c3ccccc3)s2)c1. The third-order valence-corrected chi connectivity index (χ3v) is 7.11. The van der Waals surface area contributed by atoms with E-state index in [9.17, 15) is 9.59 Å². The number of anilines is 1. The first kappa shape index (κ1) is 27.6. The summed E-state index contributed by atoms with van der Waals surface area (Å²) in [6.07, 6.45) is 0.0649. The fourth-order valence-corrected chi connectivity index (χ4v) is 4.82. The van der Waals surface area contributed by atoms with E-state index in [4.69, 9.17) is 14.2 Å². The summed E-state index contributed by atoms with van der Waals surface area (Å²) >= 11 is 1.26. The smallest absolute Gasteiger partial charge is 0.258 e. The largest absolute Gasteiger partial charge is 0.497 e. The Bertz CT molecular complexity index is 1430. The Morgan fingerprint density at radius 2 is 1.64 bits per heavy atom. The predicted molar refractivity (Wildman–Crippen MR) is 151 cm³/mol. The second kappa shape index (κ2) is 12.9. The van der Waals surface area contributed by atoms with Gasteiger partial charge in [0, 0.05) is 24.6 Å². The number of nitrogens with zero attached hydrogens (tertiary/aromatic N) is 3. The van der Waals surface area contributed by atoms with Crippen LogP contribution >= 0.6 is 11.3 Å². The summed E-state index contributed by atoms with van der Waals surface area (Å²) in [7, 11) is 4.66. The standard InChI is InChI=1S/C29H30N4O5S/c1-19(20-9-6-5-7-10-20)33(28(35)24-14-13-23(37-3)18-25(24)38-4)16-15-26(34)30-29-32-31-27(39-29)21-11-8-12-22(17-21)36-2/h5-14,17-19H,15-16H2,1-4H3,(H,30,32,34)/t19-/m1/s1. The molecule has 202 valence electrons. The highest BCUT2D eigenvalue weighted by atomic mass is 32.1. The quantitative estimate of drug-likeness (QED) is 0.266. The maximum absolute atomic E-state index is 13.8. The molecule has 0 unspecified atom stereocenters. The fraction of sp³-hybridized carbons (Fsp3) is 0.241. The highest BCUT2D eigenvalue weighted by Crippen LogP contribution is 2.31. The van der Waals surface area contributed by atoms with E-state index in [1.54, 1.807) is 37.3 Å². The monoisotopic (exact) mass is 546 g/mol. The van der Waals surface area contributed by atoms with Crippen molar-refractivity contribution in [3.63, 3.8) is 0 Å². The molecule has 2 amide bonds. The van der Waals surface area contributed by atoms with Gasteiger partial charge < -0.3 is 24.4 Å². The summed E-state index contributed by atoms with van der Waals surface area (Å²) in [5.41, 5.74) is 2.17. The topological polar surface area (TPSA) is 103 Å². The normalized spacial score (nSPS) is 11.4. The second-order valence-electron chi connectivity index (χ2n) is 8.59. The number of rotatable bonds is 11. The Kier molecular flexibility index (Phi) is 9.11. The lowest BCUT2D eigenvalue weighted by Crippen LogP contribution is -2.36. The van der Waals surface area contributed by atoms with Crippen molar-refractivity contribution in [1.29, 1.82) is 0 Å². The van der Waals surface area contributed by atoms with E-state index in [0.717, 1.165) is 11.1 Å². The zero-order valence-electron chi connectivity index (χ0n) is 22.2. The second-order valence-corrected chi connectivity index (χ2v) is 9.57. The molecule has 1 aromatic heterocycles. The van der Waals surface area contributed by atoms with Crippen molar-refractivity contribution in [1.82, 2.24) is 15.1 Å². The maximum Gasteiger partial charge on any atom is 0.258 e. The lowest BCUT2D eigenvalue weighted by atomic mass is 10.0. The van der Waals surface area contributed by atoms with Crippen molar-refractivity contribution in [2.75, 3.05) is 33.2 Å². The molecule has 0 saturated heterocycles. The molecule has 0 aliphatic rings. The summed E-state index contributed by atoms with van der Waals surface area (Å²) in [4.78, 5) is 28.3. The van der Waals surface area contributed by atoms with Gasteiger partial charge in [-0.1, -0.05) is 53.8 Å². The first-order valence-electron chi connectivity index (χ1n) is 12.3. The summed E-state index contributed by atoms with van der Waals surface area (Å²) in [5, 5.41) is 12.1. The van der Waals surface area contributed by atoms with Crippen molar-refractivity contribution >= 4 is 28.3 Å². The number of hydrogen-bond acceptors (Lipinski definition) is 8. The highest BCUT2D eigenvalue weighted by molar-refractivity contribution is 7.18. The van der Waals surface area contributed by atoms with Gasteiger partial charge in [0.1, 0.15) is 22.3 Å². The molecule has 1 heterocycles. The highest BCUT2D eigenvalue weighted by Gasteiger charge is 2.26. The van der Waals surface area contributed by atoms with Gasteiger partial charge in [-0.25, -0.2) is 0 Å². The molecule has 0 saturated carbocycles. The van der Waals surface area contributed by atoms with Gasteiger partial charge in [-0.05, 0) is 36.8 Å². The van der Waals surface area contributed by atoms with Gasteiger partial charge >= 0.3 is 0 Å². The van der Waals surface area contributed by atoms with E-state index in [-0.39, 0.29) is 30.8 Å². The van der Waals surface area contributed by atoms with Crippen molar-refractivity contribution in [2.45, 2.75) is 19.4 Å². The minimum atomic E-state index is -0.292. The van der Waals surface area contributed by atoms with Crippen LogP contribution in [0.5, 0.6) is 17.2 Å². The lowest BCUT2D eigenvalue weighted by molar-refractivity contribution is -0.116. The van der Waals surface area contributed by atoms with Crippen LogP contribution in [0.25, 0.3) is 10.6 Å². The van der Waals surface area contributed by atoms with Gasteiger partial charge in [0.2, 0.25) is 11.0 Å². The molecule has 0 aliphatic heterocycles. The van der Waals surface area contributed by atoms with Crippen LogP contribution in [-0.4, -0.2) is 54.8 Å². The van der Waals surface area contributed by atoms with Crippen LogP contribution < -0.4 is 19.5 Å². The van der Waals surface area contributed by atoms with E-state index < -0.39 is 0 Å². The molecule has 0 fully saturated rings. The number of aromatic nitrogens is 2. The number of carbonyl (C=O) groups excluding carboxylic acids is 2. The average Bonchev–Trinajstić information content (AvgIpc) is 3.45. The summed E-state index contributed by atoms with van der Waals surface area (Å²) < 4.78 is 16.0. The lowest BCUT2D eigenvalue weighted by Gasteiger charge is -2.30. The number of ether oxygens (including phenoxy) is 3. The molecule has 0 aliphatic carbocycles. The first-order valence-corrected chi connectivity index (χ1v) is 13.1. The van der Waals surface area contributed by atoms with Gasteiger partial charge in [-0.2, -0.15) is 0 Å². The Balaban J connectivity index is 1.50. The zero-order valence-corrected chi connectivity index (χ0v) is 23.0. The van der Waals surface area contributed by atoms with E-state index in [0.29, 0.717) is 33.0 Å². The van der Waals surface area contributed by atoms with E-state index >= 15 is 0 Å². The third-order valence-electron chi connectivity index (χ3n) is 6.22. The van der Waals surface area contributed by atoms with Crippen LogP contribution in [0.1, 0.15) is 35.3 Å². The van der Waals surface area contributed by atoms with Gasteiger partial charge in [0.25, 0.3) is 5.91 Å². The van der Waals surface area contributed by atoms with Gasteiger partial charge in [-0.3, -0.25) is 9.59 Å². The molecule has 0 spiro atoms. The molecule has 0 bridgehead atoms. The minimum Gasteiger partial charge on any atom is -0.497 e. The molecule has 10 heteroatoms. The molecular formula is C29H30N4O5S. The molecular weight excluding hydrogens is 516 g/mol. The number of methoxy groups -OCH3 is 3. The first-order chi connectivity index (χ1) is 18.9. The van der Waals surface area contributed by atoms with Crippen molar-refractivity contribution in [3.8, 4) is 27.8 Å². The molecule has 4 rings (SSSR count). The molecule has 0 radical (unpaired) electrons. The average molecular weight is 547 g/mol. The van der Waals surface area contributed by atoms with E-state index in [2.05, 4.69) is 15.5 Å². The van der Waals surface area contributed by atoms with Gasteiger partial charge in [0.15, 0.2) is 0 Å². The van der Waals surface area contributed by atoms with E-state index in [1.165, 1.54) is 18.4 Å². The molecule has 39 heavy (non-hydrogen) atoms. The van der Waals surface area contributed by atoms with Crippen LogP contribution in [0.2, 0.25) is 0 Å². The molecule has 1 atom stereocenters. The van der Waals surface area contributed by atoms with Crippen LogP contribution in [0.4, 0.5) is 5.13 Å². The summed E-state index contributed by atoms with van der Waals surface area (Å²) in [6.45, 7) is 2.11.